The Morgan fingerprint density at radius 2 is 2.20 bits per heavy atom. The maximum atomic E-state index is 12.6. The predicted octanol–water partition coefficient (Wildman–Crippen LogP) is 2.41. The zero-order valence-corrected chi connectivity index (χ0v) is 16.1. The number of aromatic amines is 1. The van der Waals surface area contributed by atoms with Crippen LogP contribution in [0.1, 0.15) is 39.9 Å². The third-order valence-electron chi connectivity index (χ3n) is 4.82. The minimum atomic E-state index is -3.22. The molecule has 0 aromatic carbocycles. The van der Waals surface area contributed by atoms with Gasteiger partial charge in [-0.3, -0.25) is 9.89 Å². The van der Waals surface area contributed by atoms with Crippen LogP contribution in [0.4, 0.5) is 0 Å². The van der Waals surface area contributed by atoms with Gasteiger partial charge < -0.3 is 4.90 Å². The second-order valence-electron chi connectivity index (χ2n) is 6.45. The van der Waals surface area contributed by atoms with Crippen LogP contribution in [0.3, 0.4) is 0 Å². The number of hydrogen-bond donors (Lipinski definition) is 1. The summed E-state index contributed by atoms with van der Waals surface area (Å²) in [4.78, 5) is 15.2. The highest BCUT2D eigenvalue weighted by atomic mass is 32.2. The molecular formula is C17H23N3O3S2. The molecule has 2 aromatic rings. The standard InChI is InChI=1S/C17H23N3O3S2/c1-12-14(13(2)19-18-12)5-6-17(21)20-8-7-16(15-4-3-10-24-15)25(22,23)11-9-20/h3-4,10,16H,5-9,11H2,1-2H3,(H,18,19). The predicted molar refractivity (Wildman–Crippen MR) is 98.4 cm³/mol. The number of aromatic nitrogens is 2. The van der Waals surface area contributed by atoms with Crippen LogP contribution in [-0.2, 0) is 21.1 Å². The maximum absolute atomic E-state index is 12.6. The second-order valence-corrected chi connectivity index (χ2v) is 9.74. The molecule has 1 unspecified atom stereocenters. The second kappa shape index (κ2) is 7.29. The molecule has 8 heteroatoms. The number of hydrogen-bond acceptors (Lipinski definition) is 5. The lowest BCUT2D eigenvalue weighted by Gasteiger charge is -2.20. The minimum absolute atomic E-state index is 0.0158. The molecule has 0 bridgehead atoms. The van der Waals surface area contributed by atoms with Crippen LogP contribution >= 0.6 is 11.3 Å². The smallest absolute Gasteiger partial charge is 0.222 e. The molecule has 1 aliphatic rings. The van der Waals surface area contributed by atoms with Crippen molar-refractivity contribution in [2.75, 3.05) is 18.8 Å². The van der Waals surface area contributed by atoms with Crippen molar-refractivity contribution in [2.45, 2.75) is 38.4 Å². The summed E-state index contributed by atoms with van der Waals surface area (Å²) in [6, 6.07) is 3.74. The van der Waals surface area contributed by atoms with E-state index in [9.17, 15) is 13.2 Å². The fourth-order valence-electron chi connectivity index (χ4n) is 3.32. The molecule has 1 atom stereocenters. The molecule has 3 rings (SSSR count). The van der Waals surface area contributed by atoms with Gasteiger partial charge >= 0.3 is 0 Å². The first-order valence-electron chi connectivity index (χ1n) is 8.41. The quantitative estimate of drug-likeness (QED) is 0.882. The van der Waals surface area contributed by atoms with Gasteiger partial charge in [0, 0.05) is 30.1 Å². The number of nitrogens with one attached hydrogen (secondary N) is 1. The molecule has 1 N–H and O–H groups in total. The third-order valence-corrected chi connectivity index (χ3v) is 8.07. The van der Waals surface area contributed by atoms with Crippen molar-refractivity contribution in [1.29, 1.82) is 0 Å². The van der Waals surface area contributed by atoms with Crippen molar-refractivity contribution in [1.82, 2.24) is 15.1 Å². The summed E-state index contributed by atoms with van der Waals surface area (Å²) in [5.41, 5.74) is 2.98. The van der Waals surface area contributed by atoms with E-state index in [1.807, 2.05) is 31.4 Å². The summed E-state index contributed by atoms with van der Waals surface area (Å²) >= 11 is 1.47. The summed E-state index contributed by atoms with van der Waals surface area (Å²) in [6.45, 7) is 4.65. The molecule has 6 nitrogen and oxygen atoms in total. The van der Waals surface area contributed by atoms with Gasteiger partial charge in [-0.05, 0) is 43.7 Å². The van der Waals surface area contributed by atoms with E-state index in [2.05, 4.69) is 10.2 Å². The topological polar surface area (TPSA) is 83.1 Å². The van der Waals surface area contributed by atoms with E-state index in [0.717, 1.165) is 21.8 Å². The van der Waals surface area contributed by atoms with Gasteiger partial charge in [0.15, 0.2) is 9.84 Å². The molecule has 2 aromatic heterocycles. The Labute approximate surface area is 152 Å². The first kappa shape index (κ1) is 18.1. The molecule has 0 radical (unpaired) electrons. The molecule has 1 aliphatic heterocycles. The molecule has 0 spiro atoms. The van der Waals surface area contributed by atoms with Crippen molar-refractivity contribution in [3.05, 3.63) is 39.3 Å². The number of carbonyl (C=O) groups excluding carboxylic acids is 1. The normalized spacial score (nSPS) is 20.4. The van der Waals surface area contributed by atoms with Crippen LogP contribution in [0.15, 0.2) is 17.5 Å². The van der Waals surface area contributed by atoms with Crippen LogP contribution in [0.5, 0.6) is 0 Å². The fourth-order valence-corrected chi connectivity index (χ4v) is 6.32. The van der Waals surface area contributed by atoms with Crippen molar-refractivity contribution < 1.29 is 13.2 Å². The van der Waals surface area contributed by atoms with E-state index in [1.54, 1.807) is 4.90 Å². The number of thiophene rings is 1. The van der Waals surface area contributed by atoms with Gasteiger partial charge in [-0.15, -0.1) is 11.3 Å². The monoisotopic (exact) mass is 381 g/mol. The Hall–Kier alpha value is -1.67. The van der Waals surface area contributed by atoms with Crippen molar-refractivity contribution in [3.8, 4) is 0 Å². The number of sulfone groups is 1. The van der Waals surface area contributed by atoms with Gasteiger partial charge in [-0.1, -0.05) is 6.07 Å². The zero-order chi connectivity index (χ0) is 18.0. The largest absolute Gasteiger partial charge is 0.342 e. The molecule has 0 aliphatic carbocycles. The van der Waals surface area contributed by atoms with Crippen molar-refractivity contribution in [3.63, 3.8) is 0 Å². The summed E-state index contributed by atoms with van der Waals surface area (Å²) in [5.74, 6) is 0.0486. The number of aryl methyl sites for hydroxylation is 2. The Morgan fingerprint density at radius 1 is 1.40 bits per heavy atom. The minimum Gasteiger partial charge on any atom is -0.342 e. The molecule has 136 valence electrons. The van der Waals surface area contributed by atoms with E-state index < -0.39 is 15.1 Å². The molecule has 25 heavy (non-hydrogen) atoms. The average Bonchev–Trinajstić information content (AvgIpc) is 3.15. The van der Waals surface area contributed by atoms with Gasteiger partial charge in [-0.2, -0.15) is 5.10 Å². The Bertz CT molecular complexity index is 821. The molecule has 0 saturated carbocycles. The van der Waals surface area contributed by atoms with E-state index in [0.29, 0.717) is 25.8 Å². The maximum Gasteiger partial charge on any atom is 0.222 e. The highest BCUT2D eigenvalue weighted by Crippen LogP contribution is 2.32. The van der Waals surface area contributed by atoms with Gasteiger partial charge in [0.1, 0.15) is 0 Å². The first-order chi connectivity index (χ1) is 11.9. The fraction of sp³-hybridized carbons (Fsp3) is 0.529. The molecule has 3 heterocycles. The molecular weight excluding hydrogens is 358 g/mol. The van der Waals surface area contributed by atoms with Gasteiger partial charge in [0.25, 0.3) is 0 Å². The van der Waals surface area contributed by atoms with E-state index >= 15 is 0 Å². The zero-order valence-electron chi connectivity index (χ0n) is 14.5. The lowest BCUT2D eigenvalue weighted by molar-refractivity contribution is -0.130. The average molecular weight is 382 g/mol. The number of amides is 1. The van der Waals surface area contributed by atoms with Gasteiger partial charge in [0.05, 0.1) is 16.7 Å². The molecule has 1 fully saturated rings. The highest BCUT2D eigenvalue weighted by molar-refractivity contribution is 7.91. The third kappa shape index (κ3) is 3.95. The highest BCUT2D eigenvalue weighted by Gasteiger charge is 2.33. The molecule has 1 amide bonds. The van der Waals surface area contributed by atoms with Crippen LogP contribution in [-0.4, -0.2) is 48.3 Å². The lowest BCUT2D eigenvalue weighted by Crippen LogP contribution is -2.33. The SMILES string of the molecule is Cc1n[nH]c(C)c1CCC(=O)N1CCC(c2cccs2)S(=O)(=O)CC1. The van der Waals surface area contributed by atoms with Crippen LogP contribution in [0, 0.1) is 13.8 Å². The van der Waals surface area contributed by atoms with Crippen LogP contribution in [0.2, 0.25) is 0 Å². The Kier molecular flexibility index (Phi) is 5.29. The van der Waals surface area contributed by atoms with Gasteiger partial charge in [0.2, 0.25) is 5.91 Å². The summed E-state index contributed by atoms with van der Waals surface area (Å²) in [6.07, 6.45) is 1.48. The number of nitrogens with zero attached hydrogens (tertiary/aromatic N) is 2. The van der Waals surface area contributed by atoms with Crippen LogP contribution < -0.4 is 0 Å². The number of rotatable bonds is 4. The van der Waals surface area contributed by atoms with Crippen molar-refractivity contribution >= 4 is 27.1 Å². The summed E-state index contributed by atoms with van der Waals surface area (Å²) in [7, 11) is -3.22. The van der Waals surface area contributed by atoms with Crippen molar-refractivity contribution in [2.24, 2.45) is 0 Å². The van der Waals surface area contributed by atoms with E-state index in [4.69, 9.17) is 0 Å². The van der Waals surface area contributed by atoms with E-state index in [-0.39, 0.29) is 18.2 Å². The van der Waals surface area contributed by atoms with E-state index in [1.165, 1.54) is 11.3 Å². The Balaban J connectivity index is 1.65. The summed E-state index contributed by atoms with van der Waals surface area (Å²) < 4.78 is 25.1. The Morgan fingerprint density at radius 3 is 2.84 bits per heavy atom. The van der Waals surface area contributed by atoms with Gasteiger partial charge in [-0.25, -0.2) is 8.42 Å². The molecule has 1 saturated heterocycles. The lowest BCUT2D eigenvalue weighted by atomic mass is 10.1. The first-order valence-corrected chi connectivity index (χ1v) is 11.0. The number of carbonyl (C=O) groups is 1. The van der Waals surface area contributed by atoms with Crippen LogP contribution in [0.25, 0.3) is 0 Å². The summed E-state index contributed by atoms with van der Waals surface area (Å²) in [5, 5.41) is 8.49. The number of H-pyrrole nitrogens is 1.